The van der Waals surface area contributed by atoms with Crippen LogP contribution in [-0.2, 0) is 6.42 Å². The average Bonchev–Trinajstić information content (AvgIpc) is 2.54. The molecule has 0 atom stereocenters. The highest BCUT2D eigenvalue weighted by atomic mass is 15.6. The van der Waals surface area contributed by atoms with Crippen LogP contribution in [-0.4, -0.2) is 5.66 Å². The Hall–Kier alpha value is -1.58. The average molecular weight is 174 g/mol. The molecule has 1 aromatic rings. The van der Waals surface area contributed by atoms with Crippen LogP contribution in [0.15, 0.2) is 51.0 Å². The van der Waals surface area contributed by atoms with E-state index >= 15 is 0 Å². The van der Waals surface area contributed by atoms with Crippen molar-refractivity contribution < 1.29 is 0 Å². The number of benzene rings is 1. The van der Waals surface area contributed by atoms with Gasteiger partial charge in [-0.15, -0.1) is 10.2 Å². The molecule has 1 aromatic carbocycles. The maximum absolute atomic E-state index is 3.95. The SMILES string of the molecule is CC1(Cc2ccccc2)N=NN=N1. The number of rotatable bonds is 2. The van der Waals surface area contributed by atoms with Crippen molar-refractivity contribution in [2.45, 2.75) is 19.0 Å². The van der Waals surface area contributed by atoms with Gasteiger partial charge >= 0.3 is 0 Å². The van der Waals surface area contributed by atoms with Crippen LogP contribution in [0.3, 0.4) is 0 Å². The lowest BCUT2D eigenvalue weighted by Crippen LogP contribution is -2.19. The van der Waals surface area contributed by atoms with E-state index < -0.39 is 5.66 Å². The second-order valence-corrected chi connectivity index (χ2v) is 3.26. The Labute approximate surface area is 76.4 Å². The third-order valence-electron chi connectivity index (χ3n) is 1.94. The monoisotopic (exact) mass is 174 g/mol. The van der Waals surface area contributed by atoms with Gasteiger partial charge in [0.1, 0.15) is 0 Å². The molecule has 0 saturated carbocycles. The Morgan fingerprint density at radius 1 is 1.08 bits per heavy atom. The Kier molecular flexibility index (Phi) is 1.88. The van der Waals surface area contributed by atoms with Crippen molar-refractivity contribution in [1.82, 2.24) is 0 Å². The summed E-state index contributed by atoms with van der Waals surface area (Å²) in [4.78, 5) is 0. The van der Waals surface area contributed by atoms with Crippen molar-refractivity contribution in [3.63, 3.8) is 0 Å². The Morgan fingerprint density at radius 3 is 2.31 bits per heavy atom. The quantitative estimate of drug-likeness (QED) is 0.662. The highest BCUT2D eigenvalue weighted by Crippen LogP contribution is 2.23. The molecule has 2 rings (SSSR count). The summed E-state index contributed by atoms with van der Waals surface area (Å²) < 4.78 is 0. The van der Waals surface area contributed by atoms with Gasteiger partial charge in [-0.3, -0.25) is 0 Å². The van der Waals surface area contributed by atoms with Crippen molar-refractivity contribution in [3.8, 4) is 0 Å². The van der Waals surface area contributed by atoms with Gasteiger partial charge in [0.25, 0.3) is 0 Å². The molecule has 0 radical (unpaired) electrons. The molecule has 0 amide bonds. The molecule has 0 fully saturated rings. The first-order valence-electron chi connectivity index (χ1n) is 4.17. The molecule has 0 saturated heterocycles. The summed E-state index contributed by atoms with van der Waals surface area (Å²) in [5.41, 5.74) is 0.714. The van der Waals surface area contributed by atoms with Crippen LogP contribution in [0.4, 0.5) is 0 Å². The molecule has 0 N–H and O–H groups in total. The summed E-state index contributed by atoms with van der Waals surface area (Å²) in [7, 11) is 0. The Balaban J connectivity index is 2.15. The molecule has 0 bridgehead atoms. The highest BCUT2D eigenvalue weighted by molar-refractivity contribution is 5.17. The van der Waals surface area contributed by atoms with E-state index in [1.807, 2.05) is 25.1 Å². The lowest BCUT2D eigenvalue weighted by atomic mass is 10.0. The third kappa shape index (κ3) is 1.77. The highest BCUT2D eigenvalue weighted by Gasteiger charge is 2.26. The van der Waals surface area contributed by atoms with Gasteiger partial charge in [0.2, 0.25) is 0 Å². The largest absolute Gasteiger partial charge is 0.196 e. The van der Waals surface area contributed by atoms with Gasteiger partial charge in [-0.2, -0.15) is 0 Å². The van der Waals surface area contributed by atoms with E-state index in [0.717, 1.165) is 6.42 Å². The van der Waals surface area contributed by atoms with E-state index in [9.17, 15) is 0 Å². The fourth-order valence-electron chi connectivity index (χ4n) is 1.31. The van der Waals surface area contributed by atoms with Crippen LogP contribution in [0, 0.1) is 0 Å². The minimum Gasteiger partial charge on any atom is -0.135 e. The van der Waals surface area contributed by atoms with Crippen LogP contribution in [0.1, 0.15) is 12.5 Å². The predicted molar refractivity (Wildman–Crippen MR) is 48.3 cm³/mol. The second-order valence-electron chi connectivity index (χ2n) is 3.26. The first kappa shape index (κ1) is 8.04. The second kappa shape index (κ2) is 3.05. The van der Waals surface area contributed by atoms with Crippen molar-refractivity contribution >= 4 is 0 Å². The van der Waals surface area contributed by atoms with E-state index in [-0.39, 0.29) is 0 Å². The summed E-state index contributed by atoms with van der Waals surface area (Å²) in [5, 5.41) is 14.9. The number of hydrogen-bond acceptors (Lipinski definition) is 4. The minimum atomic E-state index is -0.485. The van der Waals surface area contributed by atoms with Crippen LogP contribution < -0.4 is 0 Å². The summed E-state index contributed by atoms with van der Waals surface area (Å²) in [6.07, 6.45) is 0.751. The van der Waals surface area contributed by atoms with E-state index in [2.05, 4.69) is 32.8 Å². The molecular weight excluding hydrogens is 164 g/mol. The maximum atomic E-state index is 3.95. The fourth-order valence-corrected chi connectivity index (χ4v) is 1.31. The smallest absolute Gasteiger partial charge is 0.135 e. The maximum Gasteiger partial charge on any atom is 0.196 e. The standard InChI is InChI=1S/C9H10N4/c1-9(10-12-13-11-9)7-8-5-3-2-4-6-8/h2-6H,7H2,1H3. The van der Waals surface area contributed by atoms with Gasteiger partial charge in [0.15, 0.2) is 5.66 Å². The van der Waals surface area contributed by atoms with E-state index in [4.69, 9.17) is 0 Å². The van der Waals surface area contributed by atoms with Crippen molar-refractivity contribution in [2.24, 2.45) is 20.7 Å². The first-order chi connectivity index (χ1) is 6.29. The zero-order chi connectivity index (χ0) is 9.15. The summed E-state index contributed by atoms with van der Waals surface area (Å²) in [6, 6.07) is 10.1. The molecule has 0 aliphatic carbocycles. The number of nitrogens with zero attached hydrogens (tertiary/aromatic N) is 4. The van der Waals surface area contributed by atoms with Gasteiger partial charge in [-0.25, -0.2) is 0 Å². The molecule has 0 aromatic heterocycles. The van der Waals surface area contributed by atoms with Crippen LogP contribution in [0.5, 0.6) is 0 Å². The van der Waals surface area contributed by atoms with Gasteiger partial charge < -0.3 is 0 Å². The van der Waals surface area contributed by atoms with Crippen LogP contribution in [0.2, 0.25) is 0 Å². The topological polar surface area (TPSA) is 49.4 Å². The van der Waals surface area contributed by atoms with Crippen molar-refractivity contribution in [1.29, 1.82) is 0 Å². The lowest BCUT2D eigenvalue weighted by Gasteiger charge is -2.12. The molecule has 13 heavy (non-hydrogen) atoms. The molecule has 1 heterocycles. The zero-order valence-electron chi connectivity index (χ0n) is 7.38. The molecule has 1 aliphatic rings. The van der Waals surface area contributed by atoms with Gasteiger partial charge in [0, 0.05) is 6.42 Å². The normalized spacial score (nSPS) is 17.9. The fraction of sp³-hybridized carbons (Fsp3) is 0.333. The first-order valence-corrected chi connectivity index (χ1v) is 4.17. The van der Waals surface area contributed by atoms with Crippen LogP contribution >= 0.6 is 0 Å². The molecule has 4 heteroatoms. The van der Waals surface area contributed by atoms with Gasteiger partial charge in [-0.05, 0) is 22.9 Å². The summed E-state index contributed by atoms with van der Waals surface area (Å²) in [6.45, 7) is 1.92. The van der Waals surface area contributed by atoms with E-state index in [1.165, 1.54) is 5.56 Å². The van der Waals surface area contributed by atoms with Crippen LogP contribution in [0.25, 0.3) is 0 Å². The molecule has 66 valence electrons. The van der Waals surface area contributed by atoms with Gasteiger partial charge in [-0.1, -0.05) is 30.3 Å². The predicted octanol–water partition coefficient (Wildman–Crippen LogP) is 2.78. The zero-order valence-corrected chi connectivity index (χ0v) is 7.38. The van der Waals surface area contributed by atoms with E-state index in [1.54, 1.807) is 0 Å². The molecular formula is C9H10N4. The summed E-state index contributed by atoms with van der Waals surface area (Å²) >= 11 is 0. The molecule has 0 unspecified atom stereocenters. The van der Waals surface area contributed by atoms with E-state index in [0.29, 0.717) is 0 Å². The van der Waals surface area contributed by atoms with Gasteiger partial charge in [0.05, 0.1) is 0 Å². The Bertz CT molecular complexity index is 330. The lowest BCUT2D eigenvalue weighted by molar-refractivity contribution is 0.486. The molecule has 4 nitrogen and oxygen atoms in total. The minimum absolute atomic E-state index is 0.485. The Morgan fingerprint density at radius 2 is 1.69 bits per heavy atom. The third-order valence-corrected chi connectivity index (χ3v) is 1.94. The van der Waals surface area contributed by atoms with Crippen molar-refractivity contribution in [3.05, 3.63) is 35.9 Å². The summed E-state index contributed by atoms with van der Waals surface area (Å²) in [5.74, 6) is 0. The molecule has 1 aliphatic heterocycles. The number of hydrogen-bond donors (Lipinski definition) is 0. The van der Waals surface area contributed by atoms with Crippen molar-refractivity contribution in [2.75, 3.05) is 0 Å². The molecule has 0 spiro atoms.